The summed E-state index contributed by atoms with van der Waals surface area (Å²) >= 11 is 0. The van der Waals surface area contributed by atoms with E-state index in [4.69, 9.17) is 0 Å². The molecule has 0 aliphatic carbocycles. The van der Waals surface area contributed by atoms with Gasteiger partial charge in [0, 0.05) is 29.7 Å². The van der Waals surface area contributed by atoms with Gasteiger partial charge in [-0.3, -0.25) is 0 Å². The number of aromatic nitrogens is 3. The standard InChI is InChI=1S/C20H22F3N5/c1-12-10-13(5-6-16(12)20(21,22)23)17-15-7-8-24-18(15)19(27-26-17)25-14-4-3-9-28(2)11-14/h5-8,10,14,24H,3-4,9,11H2,1-2H3,(H,25,27)/t14-/m1/s1. The average Bonchev–Trinajstić information content (AvgIpc) is 3.11. The Bertz CT molecular complexity index is 995. The van der Waals surface area contributed by atoms with Gasteiger partial charge >= 0.3 is 6.18 Å². The van der Waals surface area contributed by atoms with Crippen molar-refractivity contribution in [3.8, 4) is 11.3 Å². The van der Waals surface area contributed by atoms with Crippen molar-refractivity contribution in [1.82, 2.24) is 20.1 Å². The van der Waals surface area contributed by atoms with E-state index in [1.165, 1.54) is 19.1 Å². The molecule has 5 nitrogen and oxygen atoms in total. The maximum atomic E-state index is 13.0. The van der Waals surface area contributed by atoms with Gasteiger partial charge in [0.2, 0.25) is 0 Å². The zero-order chi connectivity index (χ0) is 19.9. The number of likely N-dealkylation sites (tertiary alicyclic amines) is 1. The molecule has 1 saturated heterocycles. The molecule has 2 aromatic heterocycles. The van der Waals surface area contributed by atoms with Crippen LogP contribution in [0.2, 0.25) is 0 Å². The second kappa shape index (κ2) is 7.09. The first-order valence-corrected chi connectivity index (χ1v) is 9.30. The molecule has 148 valence electrons. The van der Waals surface area contributed by atoms with Gasteiger partial charge in [-0.25, -0.2) is 0 Å². The Morgan fingerprint density at radius 2 is 2.04 bits per heavy atom. The summed E-state index contributed by atoms with van der Waals surface area (Å²) in [5, 5.41) is 13.0. The summed E-state index contributed by atoms with van der Waals surface area (Å²) in [6.07, 6.45) is -0.377. The highest BCUT2D eigenvalue weighted by molar-refractivity contribution is 5.98. The molecular weight excluding hydrogens is 367 g/mol. The fourth-order valence-corrected chi connectivity index (χ4v) is 3.89. The minimum absolute atomic E-state index is 0.169. The number of nitrogens with one attached hydrogen (secondary N) is 2. The van der Waals surface area contributed by atoms with Gasteiger partial charge in [0.1, 0.15) is 5.69 Å². The van der Waals surface area contributed by atoms with Crippen LogP contribution in [0.25, 0.3) is 22.2 Å². The van der Waals surface area contributed by atoms with Crippen molar-refractivity contribution in [1.29, 1.82) is 0 Å². The molecule has 3 heterocycles. The van der Waals surface area contributed by atoms with Crippen LogP contribution in [0.15, 0.2) is 30.5 Å². The van der Waals surface area contributed by atoms with Gasteiger partial charge in [-0.1, -0.05) is 6.07 Å². The van der Waals surface area contributed by atoms with Crippen LogP contribution < -0.4 is 5.32 Å². The molecular formula is C20H22F3N5. The van der Waals surface area contributed by atoms with Gasteiger partial charge in [-0.15, -0.1) is 10.2 Å². The predicted molar refractivity (Wildman–Crippen MR) is 103 cm³/mol. The molecule has 0 radical (unpaired) electrons. The predicted octanol–water partition coefficient (Wildman–Crippen LogP) is 4.46. The van der Waals surface area contributed by atoms with Crippen molar-refractivity contribution in [2.75, 3.05) is 25.5 Å². The molecule has 28 heavy (non-hydrogen) atoms. The number of aromatic amines is 1. The summed E-state index contributed by atoms with van der Waals surface area (Å²) in [5.41, 5.74) is 1.54. The number of benzene rings is 1. The number of likely N-dealkylation sites (N-methyl/N-ethyl adjacent to an activating group) is 1. The van der Waals surface area contributed by atoms with Crippen molar-refractivity contribution in [2.45, 2.75) is 32.0 Å². The molecule has 0 saturated carbocycles. The van der Waals surface area contributed by atoms with Crippen molar-refractivity contribution >= 4 is 16.7 Å². The molecule has 0 bridgehead atoms. The van der Waals surface area contributed by atoms with Crippen LogP contribution >= 0.6 is 0 Å². The maximum absolute atomic E-state index is 13.0. The largest absolute Gasteiger partial charge is 0.416 e. The maximum Gasteiger partial charge on any atom is 0.416 e. The van der Waals surface area contributed by atoms with Gasteiger partial charge in [0.15, 0.2) is 5.82 Å². The van der Waals surface area contributed by atoms with E-state index in [-0.39, 0.29) is 5.56 Å². The van der Waals surface area contributed by atoms with E-state index in [1.54, 1.807) is 6.20 Å². The molecule has 1 aliphatic heterocycles. The summed E-state index contributed by atoms with van der Waals surface area (Å²) in [5.74, 6) is 0.674. The number of anilines is 1. The summed E-state index contributed by atoms with van der Waals surface area (Å²) < 4.78 is 39.1. The van der Waals surface area contributed by atoms with E-state index in [2.05, 4.69) is 32.4 Å². The lowest BCUT2D eigenvalue weighted by molar-refractivity contribution is -0.138. The van der Waals surface area contributed by atoms with Crippen LogP contribution in [0.4, 0.5) is 19.0 Å². The molecule has 0 spiro atoms. The van der Waals surface area contributed by atoms with Crippen LogP contribution in [0, 0.1) is 6.92 Å². The molecule has 4 rings (SSSR count). The Morgan fingerprint density at radius 3 is 2.75 bits per heavy atom. The Balaban J connectivity index is 1.69. The van der Waals surface area contributed by atoms with E-state index < -0.39 is 11.7 Å². The highest BCUT2D eigenvalue weighted by Gasteiger charge is 2.32. The second-order valence-corrected chi connectivity index (χ2v) is 7.44. The average molecular weight is 389 g/mol. The third-order valence-electron chi connectivity index (χ3n) is 5.26. The lowest BCUT2D eigenvalue weighted by Gasteiger charge is -2.30. The third kappa shape index (κ3) is 3.56. The number of H-pyrrole nitrogens is 1. The summed E-state index contributed by atoms with van der Waals surface area (Å²) in [6.45, 7) is 3.49. The molecule has 2 N–H and O–H groups in total. The van der Waals surface area contributed by atoms with Gasteiger partial charge < -0.3 is 15.2 Å². The van der Waals surface area contributed by atoms with E-state index in [9.17, 15) is 13.2 Å². The first-order chi connectivity index (χ1) is 13.3. The number of hydrogen-bond acceptors (Lipinski definition) is 4. The fourth-order valence-electron chi connectivity index (χ4n) is 3.89. The fraction of sp³-hybridized carbons (Fsp3) is 0.400. The van der Waals surface area contributed by atoms with Gasteiger partial charge in [0.05, 0.1) is 11.1 Å². The Labute approximate surface area is 161 Å². The van der Waals surface area contributed by atoms with Crippen LogP contribution in [0.1, 0.15) is 24.0 Å². The number of aryl methyl sites for hydroxylation is 1. The molecule has 1 atom stereocenters. The normalized spacial score (nSPS) is 18.5. The highest BCUT2D eigenvalue weighted by Crippen LogP contribution is 2.35. The van der Waals surface area contributed by atoms with Gasteiger partial charge in [-0.2, -0.15) is 13.2 Å². The first-order valence-electron chi connectivity index (χ1n) is 9.30. The van der Waals surface area contributed by atoms with Crippen LogP contribution in [0.5, 0.6) is 0 Å². The lowest BCUT2D eigenvalue weighted by atomic mass is 10.0. The molecule has 0 amide bonds. The quantitative estimate of drug-likeness (QED) is 0.695. The van der Waals surface area contributed by atoms with Crippen LogP contribution in [-0.2, 0) is 6.18 Å². The van der Waals surface area contributed by atoms with Crippen molar-refractivity contribution in [3.05, 3.63) is 41.6 Å². The van der Waals surface area contributed by atoms with E-state index in [1.807, 2.05) is 6.07 Å². The number of rotatable bonds is 3. The van der Waals surface area contributed by atoms with Gasteiger partial charge in [-0.05, 0) is 57.1 Å². The summed E-state index contributed by atoms with van der Waals surface area (Å²) in [6, 6.07) is 6.25. The summed E-state index contributed by atoms with van der Waals surface area (Å²) in [4.78, 5) is 5.47. The Hall–Kier alpha value is -2.61. The zero-order valence-corrected chi connectivity index (χ0v) is 15.8. The highest BCUT2D eigenvalue weighted by atomic mass is 19.4. The lowest BCUT2D eigenvalue weighted by Crippen LogP contribution is -2.40. The smallest absolute Gasteiger partial charge is 0.363 e. The number of nitrogens with zero attached hydrogens (tertiary/aromatic N) is 3. The minimum Gasteiger partial charge on any atom is -0.363 e. The molecule has 1 aliphatic rings. The van der Waals surface area contributed by atoms with Crippen LogP contribution in [-0.4, -0.2) is 46.3 Å². The minimum atomic E-state index is -4.36. The topological polar surface area (TPSA) is 56.8 Å². The number of halogens is 3. The van der Waals surface area contributed by atoms with E-state index in [0.29, 0.717) is 23.1 Å². The molecule has 8 heteroatoms. The number of piperidine rings is 1. The monoisotopic (exact) mass is 389 g/mol. The Morgan fingerprint density at radius 1 is 1.21 bits per heavy atom. The second-order valence-electron chi connectivity index (χ2n) is 7.44. The molecule has 1 aromatic carbocycles. The van der Waals surface area contributed by atoms with Crippen LogP contribution in [0.3, 0.4) is 0 Å². The number of alkyl halides is 3. The first kappa shape index (κ1) is 18.7. The molecule has 1 fully saturated rings. The van der Waals surface area contributed by atoms with Crippen molar-refractivity contribution in [3.63, 3.8) is 0 Å². The number of hydrogen-bond donors (Lipinski definition) is 2. The zero-order valence-electron chi connectivity index (χ0n) is 15.8. The SMILES string of the molecule is Cc1cc(-c2nnc(N[C@@H]3CCCN(C)C3)c3[nH]ccc23)ccc1C(F)(F)F. The summed E-state index contributed by atoms with van der Waals surface area (Å²) in [7, 11) is 2.10. The van der Waals surface area contributed by atoms with E-state index in [0.717, 1.165) is 42.9 Å². The third-order valence-corrected chi connectivity index (χ3v) is 5.26. The van der Waals surface area contributed by atoms with Crippen molar-refractivity contribution in [2.24, 2.45) is 0 Å². The van der Waals surface area contributed by atoms with Crippen molar-refractivity contribution < 1.29 is 13.2 Å². The molecule has 3 aromatic rings. The Kier molecular flexibility index (Phi) is 4.74. The number of fused-ring (bicyclic) bond motifs is 1. The van der Waals surface area contributed by atoms with Gasteiger partial charge in [0.25, 0.3) is 0 Å². The van der Waals surface area contributed by atoms with E-state index >= 15 is 0 Å². The molecule has 0 unspecified atom stereocenters.